The van der Waals surface area contributed by atoms with Crippen LogP contribution in [0.2, 0.25) is 0 Å². The largest absolute Gasteiger partial charge is 0.461 e. The molecule has 2 aromatic heterocycles. The first-order valence-electron chi connectivity index (χ1n) is 20.6. The minimum Gasteiger partial charge on any atom is -0.461 e. The summed E-state index contributed by atoms with van der Waals surface area (Å²) >= 11 is 0. The van der Waals surface area contributed by atoms with Crippen molar-refractivity contribution in [1.29, 1.82) is 0 Å². The first-order chi connectivity index (χ1) is 29.8. The number of aryl methyl sites for hydroxylation is 1. The number of ether oxygens (including phenoxy) is 4. The quantitative estimate of drug-likeness (QED) is 0.200. The zero-order valence-corrected chi connectivity index (χ0v) is 34.2. The van der Waals surface area contributed by atoms with Gasteiger partial charge in [-0.15, -0.1) is 0 Å². The van der Waals surface area contributed by atoms with Crippen molar-refractivity contribution in [3.8, 4) is 23.0 Å². The number of pyridine rings is 1. The monoisotopic (exact) mass is 893 g/mol. The Balaban J connectivity index is 1.20. The van der Waals surface area contributed by atoms with E-state index >= 15 is 17.6 Å². The number of fused-ring (bicyclic) bond motifs is 7. The molecule has 0 unspecified atom stereocenters. The SMILES string of the molecule is CO[C@@]1(C(F)(F)F)CCN(C(=O)Oc2cc3c4c(c(F)ccc4c2)CCCOC(=O)N[C@@]2(C)CN(CC(F)(F)C2)c2nc(OC[C@@]45CCCN4C[C@H](F)C5)nc4c(F)c-3ncc24)C1. The Hall–Kier alpha value is -5.31. The normalized spacial score (nSPS) is 27.5. The van der Waals surface area contributed by atoms with Gasteiger partial charge in [-0.3, -0.25) is 9.88 Å². The molecule has 4 aromatic rings. The molecule has 2 amide bonds. The number of piperidine rings is 1. The molecule has 1 N–H and O–H groups in total. The number of aromatic nitrogens is 3. The second-order valence-corrected chi connectivity index (χ2v) is 17.5. The summed E-state index contributed by atoms with van der Waals surface area (Å²) in [5.74, 6) is -5.71. The second-order valence-electron chi connectivity index (χ2n) is 17.5. The van der Waals surface area contributed by atoms with Gasteiger partial charge in [0.15, 0.2) is 11.4 Å². The molecule has 2 aromatic carbocycles. The van der Waals surface area contributed by atoms with Gasteiger partial charge in [-0.2, -0.15) is 23.1 Å². The molecule has 338 valence electrons. The average molecular weight is 894 g/mol. The first-order valence-corrected chi connectivity index (χ1v) is 20.6. The number of likely N-dealkylation sites (tertiary alicyclic amines) is 1. The topological polar surface area (TPSA) is 131 Å². The fraction of sp³-hybridized carbons (Fsp3) is 0.548. The van der Waals surface area contributed by atoms with Gasteiger partial charge < -0.3 is 34.1 Å². The summed E-state index contributed by atoms with van der Waals surface area (Å²) in [6, 6.07) is 4.59. The number of hydrogen-bond donors (Lipinski definition) is 1. The number of carbonyl (C=O) groups excluding carboxylic acids is 2. The van der Waals surface area contributed by atoms with Crippen LogP contribution in [0.4, 0.5) is 50.5 Å². The van der Waals surface area contributed by atoms with Crippen LogP contribution in [0.1, 0.15) is 51.0 Å². The van der Waals surface area contributed by atoms with Gasteiger partial charge >= 0.3 is 24.4 Å². The lowest BCUT2D eigenvalue weighted by atomic mass is 9.88. The number of hydrogen-bond acceptors (Lipinski definition) is 11. The number of halogens is 8. The number of amides is 2. The number of methoxy groups -OCH3 is 1. The highest BCUT2D eigenvalue weighted by Gasteiger charge is 2.60. The van der Waals surface area contributed by atoms with Crippen LogP contribution in [-0.4, -0.2) is 131 Å². The molecule has 6 aliphatic heterocycles. The number of benzene rings is 2. The summed E-state index contributed by atoms with van der Waals surface area (Å²) in [6.07, 6.45) is -6.74. The van der Waals surface area contributed by atoms with Crippen molar-refractivity contribution in [2.75, 3.05) is 64.5 Å². The van der Waals surface area contributed by atoms with Crippen LogP contribution in [0.3, 0.4) is 0 Å². The molecule has 6 aliphatic rings. The van der Waals surface area contributed by atoms with Gasteiger partial charge in [0.05, 0.1) is 36.2 Å². The van der Waals surface area contributed by atoms with Crippen molar-refractivity contribution in [3.05, 3.63) is 47.7 Å². The Kier molecular flexibility index (Phi) is 10.5. The molecule has 0 saturated carbocycles. The Morgan fingerprint density at radius 2 is 1.87 bits per heavy atom. The zero-order valence-electron chi connectivity index (χ0n) is 34.2. The van der Waals surface area contributed by atoms with E-state index in [2.05, 4.69) is 20.3 Å². The van der Waals surface area contributed by atoms with Crippen molar-refractivity contribution in [1.82, 2.24) is 30.1 Å². The minimum atomic E-state index is -4.80. The summed E-state index contributed by atoms with van der Waals surface area (Å²) < 4.78 is 144. The molecule has 4 atom stereocenters. The van der Waals surface area contributed by atoms with E-state index in [1.165, 1.54) is 30.0 Å². The lowest BCUT2D eigenvalue weighted by Gasteiger charge is -2.44. The summed E-state index contributed by atoms with van der Waals surface area (Å²) in [7, 11) is 0.898. The third-order valence-corrected chi connectivity index (χ3v) is 13.0. The van der Waals surface area contributed by atoms with Crippen LogP contribution in [0.25, 0.3) is 32.9 Å². The minimum absolute atomic E-state index is 0.0258. The Morgan fingerprint density at radius 1 is 1.06 bits per heavy atom. The van der Waals surface area contributed by atoms with Gasteiger partial charge in [-0.25, -0.2) is 31.5 Å². The molecule has 4 saturated heterocycles. The molecule has 4 fully saturated rings. The molecule has 0 aliphatic carbocycles. The molecule has 10 rings (SSSR count). The number of alkyl carbamates (subject to hydrolysis) is 1. The molecule has 21 heteroatoms. The standard InChI is InChI=1S/C42H43F8N7O6/c1-38-18-41(46,47)21-56(19-38)34-28-16-51-32(31(45)33(28)52-35(53-34)62-22-39-8-4-10-57(39)17-24(43)15-39)27-14-25(63-37(59)55-11-9-40(20-55,60-2)42(48,49)50)13-23-6-7-29(44)26(30(23)27)5-3-12-61-36(58)54-38/h6-7,13-14,16,24H,3-5,8-12,15,17-22H2,1-2H3,(H,54,58)/t24-,38-,39+,40+/m1/s1. The maximum Gasteiger partial charge on any atom is 0.419 e. The van der Waals surface area contributed by atoms with Crippen molar-refractivity contribution in [2.45, 2.75) is 86.8 Å². The van der Waals surface area contributed by atoms with Gasteiger partial charge in [-0.05, 0) is 73.7 Å². The smallest absolute Gasteiger partial charge is 0.419 e. The lowest BCUT2D eigenvalue weighted by molar-refractivity contribution is -0.263. The predicted molar refractivity (Wildman–Crippen MR) is 210 cm³/mol. The average Bonchev–Trinajstić information content (AvgIpc) is 3.91. The molecular weight excluding hydrogens is 850 g/mol. The summed E-state index contributed by atoms with van der Waals surface area (Å²) in [5, 5.41) is 2.76. The van der Waals surface area contributed by atoms with Crippen LogP contribution in [0.5, 0.6) is 11.8 Å². The molecule has 6 bridgehead atoms. The van der Waals surface area contributed by atoms with Crippen LogP contribution >= 0.6 is 0 Å². The summed E-state index contributed by atoms with van der Waals surface area (Å²) in [5.41, 5.74) is -5.87. The number of anilines is 1. The maximum absolute atomic E-state index is 17.6. The van der Waals surface area contributed by atoms with Gasteiger partial charge in [0, 0.05) is 57.8 Å². The Morgan fingerprint density at radius 3 is 2.63 bits per heavy atom. The van der Waals surface area contributed by atoms with Crippen LogP contribution < -0.4 is 19.7 Å². The van der Waals surface area contributed by atoms with E-state index in [0.717, 1.165) is 30.7 Å². The van der Waals surface area contributed by atoms with E-state index in [9.17, 15) is 27.2 Å². The van der Waals surface area contributed by atoms with E-state index in [0.29, 0.717) is 13.0 Å². The van der Waals surface area contributed by atoms with Gasteiger partial charge in [-0.1, -0.05) is 6.07 Å². The number of carbonyl (C=O) groups is 2. The first kappa shape index (κ1) is 43.0. The Bertz CT molecular complexity index is 2500. The fourth-order valence-corrected chi connectivity index (χ4v) is 10.1. The molecular formula is C42H43F8N7O6. The van der Waals surface area contributed by atoms with E-state index in [-0.39, 0.29) is 91.0 Å². The fourth-order valence-electron chi connectivity index (χ4n) is 10.1. The lowest BCUT2D eigenvalue weighted by Crippen LogP contribution is -2.63. The summed E-state index contributed by atoms with van der Waals surface area (Å²) in [6.45, 7) is -0.468. The van der Waals surface area contributed by atoms with Crippen molar-refractivity contribution in [3.63, 3.8) is 0 Å². The van der Waals surface area contributed by atoms with Crippen molar-refractivity contribution >= 4 is 39.7 Å². The third kappa shape index (κ3) is 7.77. The maximum atomic E-state index is 17.6. The third-order valence-electron chi connectivity index (χ3n) is 13.0. The zero-order chi connectivity index (χ0) is 44.7. The highest BCUT2D eigenvalue weighted by Crippen LogP contribution is 2.45. The summed E-state index contributed by atoms with van der Waals surface area (Å²) in [4.78, 5) is 43.9. The van der Waals surface area contributed by atoms with Crippen LogP contribution in [0, 0.1) is 11.6 Å². The molecule has 8 heterocycles. The van der Waals surface area contributed by atoms with Crippen LogP contribution in [-0.2, 0) is 15.9 Å². The molecule has 0 radical (unpaired) electrons. The van der Waals surface area contributed by atoms with Gasteiger partial charge in [0.2, 0.25) is 0 Å². The number of nitrogens with zero attached hydrogens (tertiary/aromatic N) is 6. The van der Waals surface area contributed by atoms with E-state index in [1.54, 1.807) is 0 Å². The van der Waals surface area contributed by atoms with E-state index < -0.39 is 102 Å². The van der Waals surface area contributed by atoms with E-state index in [1.807, 2.05) is 4.90 Å². The molecule has 13 nitrogen and oxygen atoms in total. The van der Waals surface area contributed by atoms with Gasteiger partial charge in [0.25, 0.3) is 5.92 Å². The van der Waals surface area contributed by atoms with Crippen LogP contribution in [0.15, 0.2) is 30.5 Å². The van der Waals surface area contributed by atoms with Crippen molar-refractivity contribution in [2.24, 2.45) is 0 Å². The molecule has 0 spiro atoms. The number of rotatable bonds is 5. The predicted octanol–water partition coefficient (Wildman–Crippen LogP) is 7.51. The Labute approximate surface area is 355 Å². The number of nitrogens with one attached hydrogen (secondary N) is 1. The van der Waals surface area contributed by atoms with Crippen molar-refractivity contribution < 1.29 is 63.7 Å². The number of alkyl halides is 6. The highest BCUT2D eigenvalue weighted by atomic mass is 19.4. The second kappa shape index (κ2) is 15.4. The highest BCUT2D eigenvalue weighted by molar-refractivity contribution is 6.02. The van der Waals surface area contributed by atoms with E-state index in [4.69, 9.17) is 18.9 Å². The molecule has 63 heavy (non-hydrogen) atoms. The van der Waals surface area contributed by atoms with Gasteiger partial charge in [0.1, 0.15) is 41.4 Å².